The predicted octanol–water partition coefficient (Wildman–Crippen LogP) is 4.09. The Morgan fingerprint density at radius 2 is 1.88 bits per heavy atom. The SMILES string of the molecule is CC.CC(=N)c1c(N)ncnc1NCc1cc2ccccc2c(=O)n1-c1ncccc1C. The van der Waals surface area contributed by atoms with Gasteiger partial charge in [0.15, 0.2) is 0 Å². The minimum atomic E-state index is -0.141. The topological polar surface area (TPSA) is 123 Å². The molecule has 4 aromatic rings. The van der Waals surface area contributed by atoms with E-state index >= 15 is 0 Å². The van der Waals surface area contributed by atoms with Crippen LogP contribution in [-0.4, -0.2) is 25.2 Å². The van der Waals surface area contributed by atoms with Gasteiger partial charge in [0, 0.05) is 23.0 Å². The van der Waals surface area contributed by atoms with E-state index in [0.29, 0.717) is 28.3 Å². The van der Waals surface area contributed by atoms with Crippen LogP contribution in [0.4, 0.5) is 11.6 Å². The maximum atomic E-state index is 13.4. The molecule has 0 spiro atoms. The number of benzene rings is 1. The fraction of sp³-hybridized carbons (Fsp3) is 0.208. The molecule has 3 heterocycles. The fourth-order valence-electron chi connectivity index (χ4n) is 3.46. The number of rotatable bonds is 5. The molecule has 0 radical (unpaired) electrons. The number of hydrogen-bond donors (Lipinski definition) is 3. The number of nitrogens with one attached hydrogen (secondary N) is 2. The van der Waals surface area contributed by atoms with Gasteiger partial charge in [0.05, 0.1) is 12.1 Å². The molecule has 0 aliphatic rings. The first-order valence-corrected chi connectivity index (χ1v) is 10.4. The molecule has 0 amide bonds. The summed E-state index contributed by atoms with van der Waals surface area (Å²) in [4.78, 5) is 26.0. The lowest BCUT2D eigenvalue weighted by molar-refractivity contribution is 0.854. The molecule has 0 bridgehead atoms. The van der Waals surface area contributed by atoms with Crippen LogP contribution in [0.5, 0.6) is 0 Å². The number of anilines is 2. The second-order valence-corrected chi connectivity index (χ2v) is 6.97. The van der Waals surface area contributed by atoms with Crippen LogP contribution in [0.1, 0.15) is 37.6 Å². The van der Waals surface area contributed by atoms with Crippen molar-refractivity contribution in [1.29, 1.82) is 5.41 Å². The van der Waals surface area contributed by atoms with Gasteiger partial charge < -0.3 is 16.5 Å². The van der Waals surface area contributed by atoms with E-state index in [1.807, 2.05) is 63.2 Å². The molecular weight excluding hydrogens is 402 g/mol. The molecule has 8 nitrogen and oxygen atoms in total. The molecule has 3 aromatic heterocycles. The molecule has 1 aromatic carbocycles. The highest BCUT2D eigenvalue weighted by atomic mass is 16.1. The molecule has 0 saturated carbocycles. The average molecular weight is 430 g/mol. The van der Waals surface area contributed by atoms with Gasteiger partial charge in [0.25, 0.3) is 5.56 Å². The lowest BCUT2D eigenvalue weighted by Crippen LogP contribution is -2.25. The summed E-state index contributed by atoms with van der Waals surface area (Å²) in [6.07, 6.45) is 3.02. The van der Waals surface area contributed by atoms with Crippen molar-refractivity contribution in [1.82, 2.24) is 19.5 Å². The van der Waals surface area contributed by atoms with Crippen molar-refractivity contribution in [2.75, 3.05) is 11.1 Å². The van der Waals surface area contributed by atoms with Gasteiger partial charge in [-0.05, 0) is 43.0 Å². The number of aromatic nitrogens is 4. The minimum Gasteiger partial charge on any atom is -0.383 e. The predicted molar refractivity (Wildman–Crippen MR) is 130 cm³/mol. The third-order valence-corrected chi connectivity index (χ3v) is 4.89. The van der Waals surface area contributed by atoms with Crippen LogP contribution >= 0.6 is 0 Å². The van der Waals surface area contributed by atoms with Crippen molar-refractivity contribution in [2.45, 2.75) is 34.2 Å². The van der Waals surface area contributed by atoms with Gasteiger partial charge in [-0.1, -0.05) is 38.1 Å². The van der Waals surface area contributed by atoms with E-state index < -0.39 is 0 Å². The second kappa shape index (κ2) is 9.82. The highest BCUT2D eigenvalue weighted by molar-refractivity contribution is 6.04. The largest absolute Gasteiger partial charge is 0.383 e. The molecule has 164 valence electrons. The second-order valence-electron chi connectivity index (χ2n) is 6.97. The van der Waals surface area contributed by atoms with Crippen LogP contribution in [0.2, 0.25) is 0 Å². The van der Waals surface area contributed by atoms with Crippen molar-refractivity contribution in [3.63, 3.8) is 0 Å². The van der Waals surface area contributed by atoms with Gasteiger partial charge in [0.2, 0.25) is 0 Å². The van der Waals surface area contributed by atoms with Gasteiger partial charge in [-0.2, -0.15) is 0 Å². The van der Waals surface area contributed by atoms with Gasteiger partial charge in [0.1, 0.15) is 23.8 Å². The Balaban J connectivity index is 0.00000141. The Morgan fingerprint density at radius 1 is 1.12 bits per heavy atom. The van der Waals surface area contributed by atoms with E-state index in [9.17, 15) is 4.79 Å². The van der Waals surface area contributed by atoms with Gasteiger partial charge >= 0.3 is 0 Å². The van der Waals surface area contributed by atoms with Crippen molar-refractivity contribution in [2.24, 2.45) is 0 Å². The molecule has 0 aliphatic carbocycles. The zero-order chi connectivity index (χ0) is 23.3. The smallest absolute Gasteiger partial charge is 0.264 e. The van der Waals surface area contributed by atoms with Crippen LogP contribution in [0, 0.1) is 12.3 Å². The maximum absolute atomic E-state index is 13.4. The third kappa shape index (κ3) is 4.34. The molecule has 32 heavy (non-hydrogen) atoms. The van der Waals surface area contributed by atoms with Crippen molar-refractivity contribution < 1.29 is 0 Å². The Hall–Kier alpha value is -4.07. The monoisotopic (exact) mass is 429 g/mol. The van der Waals surface area contributed by atoms with Crippen LogP contribution in [0.15, 0.2) is 59.8 Å². The van der Waals surface area contributed by atoms with Crippen LogP contribution in [0.3, 0.4) is 0 Å². The fourth-order valence-corrected chi connectivity index (χ4v) is 3.46. The number of nitrogen functional groups attached to an aromatic ring is 1. The highest BCUT2D eigenvalue weighted by Gasteiger charge is 2.16. The summed E-state index contributed by atoms with van der Waals surface area (Å²) in [7, 11) is 0. The van der Waals surface area contributed by atoms with Gasteiger partial charge in [-0.25, -0.2) is 15.0 Å². The Bertz CT molecular complexity index is 1330. The number of fused-ring (bicyclic) bond motifs is 1. The number of hydrogen-bond acceptors (Lipinski definition) is 7. The zero-order valence-corrected chi connectivity index (χ0v) is 18.7. The third-order valence-electron chi connectivity index (χ3n) is 4.89. The summed E-state index contributed by atoms with van der Waals surface area (Å²) in [6.45, 7) is 7.83. The first-order chi connectivity index (χ1) is 15.5. The average Bonchev–Trinajstić information content (AvgIpc) is 2.80. The normalized spacial score (nSPS) is 10.4. The molecule has 0 unspecified atom stereocenters. The number of nitrogens with zero attached hydrogens (tertiary/aromatic N) is 4. The van der Waals surface area contributed by atoms with Crippen LogP contribution < -0.4 is 16.6 Å². The number of pyridine rings is 2. The van der Waals surface area contributed by atoms with Gasteiger partial charge in [-0.15, -0.1) is 0 Å². The quantitative estimate of drug-likeness (QED) is 0.411. The van der Waals surface area contributed by atoms with E-state index in [4.69, 9.17) is 11.1 Å². The zero-order valence-electron chi connectivity index (χ0n) is 18.7. The molecule has 0 saturated heterocycles. The van der Waals surface area contributed by atoms with Crippen molar-refractivity contribution >= 4 is 28.1 Å². The van der Waals surface area contributed by atoms with Crippen LogP contribution in [-0.2, 0) is 6.54 Å². The minimum absolute atomic E-state index is 0.141. The Labute approximate surface area is 186 Å². The standard InChI is InChI=1S/C22H21N7O.C2H6/c1-13-6-5-9-25-21(13)29-16(10-15-7-3-4-8-17(15)22(29)30)11-26-20-18(14(2)23)19(24)27-12-28-20;1-2/h3-10,12,23H,11H2,1-2H3,(H3,24,26,27,28);1-2H3. The summed E-state index contributed by atoms with van der Waals surface area (Å²) in [5.41, 5.74) is 8.10. The van der Waals surface area contributed by atoms with E-state index in [2.05, 4.69) is 20.3 Å². The lowest BCUT2D eigenvalue weighted by atomic mass is 10.1. The highest BCUT2D eigenvalue weighted by Crippen LogP contribution is 2.21. The van der Waals surface area contributed by atoms with Crippen molar-refractivity contribution in [3.8, 4) is 5.82 Å². The Kier molecular flexibility index (Phi) is 6.94. The Morgan fingerprint density at radius 3 is 2.59 bits per heavy atom. The molecule has 0 fully saturated rings. The number of aryl methyl sites for hydroxylation is 1. The maximum Gasteiger partial charge on any atom is 0.264 e. The molecule has 4 N–H and O–H groups in total. The van der Waals surface area contributed by atoms with E-state index in [-0.39, 0.29) is 23.6 Å². The summed E-state index contributed by atoms with van der Waals surface area (Å²) >= 11 is 0. The molecule has 4 rings (SSSR count). The summed E-state index contributed by atoms with van der Waals surface area (Å²) in [5.74, 6) is 1.26. The first-order valence-electron chi connectivity index (χ1n) is 10.4. The first kappa shape index (κ1) is 22.6. The van der Waals surface area contributed by atoms with Crippen molar-refractivity contribution in [3.05, 3.63) is 82.2 Å². The van der Waals surface area contributed by atoms with E-state index in [1.54, 1.807) is 17.7 Å². The number of nitrogens with two attached hydrogens (primary N) is 1. The van der Waals surface area contributed by atoms with Gasteiger partial charge in [-0.3, -0.25) is 9.36 Å². The van der Waals surface area contributed by atoms with Crippen LogP contribution in [0.25, 0.3) is 16.6 Å². The summed E-state index contributed by atoms with van der Waals surface area (Å²) in [5, 5.41) is 12.7. The molecule has 0 atom stereocenters. The molecule has 8 heteroatoms. The molecule has 0 aliphatic heterocycles. The van der Waals surface area contributed by atoms with E-state index in [1.165, 1.54) is 6.33 Å². The molecular formula is C24H27N7O. The summed E-state index contributed by atoms with van der Waals surface area (Å²) in [6, 6.07) is 13.2. The lowest BCUT2D eigenvalue weighted by Gasteiger charge is -2.17. The van der Waals surface area contributed by atoms with E-state index in [0.717, 1.165) is 10.9 Å². The summed E-state index contributed by atoms with van der Waals surface area (Å²) < 4.78 is 1.62.